The van der Waals surface area contributed by atoms with Crippen molar-refractivity contribution < 1.29 is 19.0 Å². The number of benzene rings is 1. The summed E-state index contributed by atoms with van der Waals surface area (Å²) in [5.41, 5.74) is 3.41. The molecule has 1 aromatic carbocycles. The number of anilines is 1. The minimum atomic E-state index is -0.291. The lowest BCUT2D eigenvalue weighted by molar-refractivity contribution is -0.118. The first-order chi connectivity index (χ1) is 14.7. The first-order valence-corrected chi connectivity index (χ1v) is 10.3. The highest BCUT2D eigenvalue weighted by Crippen LogP contribution is 2.33. The number of carbonyl (C=O) groups is 1. The maximum Gasteiger partial charge on any atom is 0.264 e. The van der Waals surface area contributed by atoms with Crippen LogP contribution in [0.25, 0.3) is 17.0 Å². The molecule has 0 aliphatic carbocycles. The Morgan fingerprint density at radius 3 is 2.97 bits per heavy atom. The van der Waals surface area contributed by atoms with Crippen LogP contribution in [0.2, 0.25) is 0 Å². The Labute approximate surface area is 176 Å². The first-order valence-electron chi connectivity index (χ1n) is 9.39. The van der Waals surface area contributed by atoms with Crippen LogP contribution in [0.4, 0.5) is 5.13 Å². The molecule has 0 radical (unpaired) electrons. The Balaban J connectivity index is 1.25. The Morgan fingerprint density at radius 1 is 1.20 bits per heavy atom. The molecule has 0 atom stereocenters. The maximum atomic E-state index is 12.3. The number of imidazole rings is 1. The Bertz CT molecular complexity index is 1230. The molecule has 8 nitrogen and oxygen atoms in total. The fraction of sp³-hybridized carbons (Fsp3) is 0.190. The van der Waals surface area contributed by atoms with E-state index in [0.29, 0.717) is 35.6 Å². The van der Waals surface area contributed by atoms with Gasteiger partial charge in [-0.3, -0.25) is 14.5 Å². The van der Waals surface area contributed by atoms with Gasteiger partial charge in [-0.25, -0.2) is 9.97 Å². The van der Waals surface area contributed by atoms with Gasteiger partial charge >= 0.3 is 0 Å². The lowest BCUT2D eigenvalue weighted by Gasteiger charge is -2.18. The Morgan fingerprint density at radius 2 is 2.07 bits per heavy atom. The number of thiazole rings is 1. The highest BCUT2D eigenvalue weighted by Gasteiger charge is 2.16. The van der Waals surface area contributed by atoms with Crippen LogP contribution < -0.4 is 19.5 Å². The number of amides is 1. The van der Waals surface area contributed by atoms with Gasteiger partial charge in [0.05, 0.1) is 11.4 Å². The van der Waals surface area contributed by atoms with Crippen molar-refractivity contribution in [2.24, 2.45) is 0 Å². The summed E-state index contributed by atoms with van der Waals surface area (Å²) in [7, 11) is 0. The fourth-order valence-electron chi connectivity index (χ4n) is 3.28. The molecule has 4 aromatic rings. The minimum Gasteiger partial charge on any atom is -0.486 e. The SMILES string of the molecule is Cc1nc2ccccn2c1-c1csc(NC(=O)COc2ccc3c(c2)OCCO3)n1. The van der Waals surface area contributed by atoms with Gasteiger partial charge in [0.25, 0.3) is 5.91 Å². The monoisotopic (exact) mass is 422 g/mol. The topological polar surface area (TPSA) is 87.0 Å². The lowest BCUT2D eigenvalue weighted by Crippen LogP contribution is -2.20. The van der Waals surface area contributed by atoms with Crippen LogP contribution in [0.15, 0.2) is 48.0 Å². The zero-order valence-corrected chi connectivity index (χ0v) is 16.9. The second kappa shape index (κ2) is 7.68. The summed E-state index contributed by atoms with van der Waals surface area (Å²) in [6, 6.07) is 11.1. The van der Waals surface area contributed by atoms with E-state index in [2.05, 4.69) is 15.3 Å². The predicted molar refractivity (Wildman–Crippen MR) is 113 cm³/mol. The molecular weight excluding hydrogens is 404 g/mol. The van der Waals surface area contributed by atoms with Crippen LogP contribution in [-0.2, 0) is 4.79 Å². The number of ether oxygens (including phenoxy) is 3. The van der Waals surface area contributed by atoms with E-state index in [9.17, 15) is 4.79 Å². The van der Waals surface area contributed by atoms with Gasteiger partial charge in [-0.1, -0.05) is 6.07 Å². The summed E-state index contributed by atoms with van der Waals surface area (Å²) in [4.78, 5) is 21.4. The Kier molecular flexibility index (Phi) is 4.72. The molecule has 1 aliphatic heterocycles. The average Bonchev–Trinajstić information content (AvgIpc) is 3.34. The van der Waals surface area contributed by atoms with Gasteiger partial charge < -0.3 is 14.2 Å². The van der Waals surface area contributed by atoms with Crippen molar-refractivity contribution in [1.29, 1.82) is 0 Å². The number of rotatable bonds is 5. The van der Waals surface area contributed by atoms with Crippen LogP contribution in [0, 0.1) is 6.92 Å². The van der Waals surface area contributed by atoms with E-state index in [4.69, 9.17) is 14.2 Å². The molecule has 1 N–H and O–H groups in total. The normalized spacial score (nSPS) is 12.7. The van der Waals surface area contributed by atoms with E-state index < -0.39 is 0 Å². The van der Waals surface area contributed by atoms with E-state index in [1.165, 1.54) is 11.3 Å². The third-order valence-corrected chi connectivity index (χ3v) is 5.34. The van der Waals surface area contributed by atoms with Gasteiger partial charge in [-0.2, -0.15) is 0 Å². The number of nitrogens with one attached hydrogen (secondary N) is 1. The first kappa shape index (κ1) is 18.4. The number of hydrogen-bond donors (Lipinski definition) is 1. The van der Waals surface area contributed by atoms with Crippen molar-refractivity contribution in [2.75, 3.05) is 25.1 Å². The average molecular weight is 422 g/mol. The molecule has 3 aromatic heterocycles. The van der Waals surface area contributed by atoms with Crippen LogP contribution in [0.5, 0.6) is 17.2 Å². The third-order valence-electron chi connectivity index (χ3n) is 4.58. The predicted octanol–water partition coefficient (Wildman–Crippen LogP) is 3.55. The summed E-state index contributed by atoms with van der Waals surface area (Å²) in [5, 5.41) is 5.19. The number of hydrogen-bond acceptors (Lipinski definition) is 7. The number of nitrogens with zero attached hydrogens (tertiary/aromatic N) is 3. The van der Waals surface area contributed by atoms with Gasteiger partial charge in [-0.15, -0.1) is 11.3 Å². The van der Waals surface area contributed by atoms with E-state index in [1.54, 1.807) is 18.2 Å². The fourth-order valence-corrected chi connectivity index (χ4v) is 3.99. The van der Waals surface area contributed by atoms with E-state index in [0.717, 1.165) is 22.7 Å². The largest absolute Gasteiger partial charge is 0.486 e. The molecule has 4 heterocycles. The molecule has 1 amide bonds. The second-order valence-corrected chi connectivity index (χ2v) is 7.51. The highest BCUT2D eigenvalue weighted by atomic mass is 32.1. The van der Waals surface area contributed by atoms with Gasteiger partial charge in [0, 0.05) is 17.6 Å². The number of pyridine rings is 1. The summed E-state index contributed by atoms with van der Waals surface area (Å²) < 4.78 is 18.6. The molecule has 152 valence electrons. The molecule has 9 heteroatoms. The molecule has 1 aliphatic rings. The lowest BCUT2D eigenvalue weighted by atomic mass is 10.3. The summed E-state index contributed by atoms with van der Waals surface area (Å²) >= 11 is 1.36. The number of carbonyl (C=O) groups excluding carboxylic acids is 1. The van der Waals surface area contributed by atoms with Gasteiger partial charge in [0.2, 0.25) is 0 Å². The van der Waals surface area contributed by atoms with Gasteiger partial charge in [0.15, 0.2) is 23.2 Å². The molecule has 0 fully saturated rings. The van der Waals surface area contributed by atoms with Crippen LogP contribution in [0.3, 0.4) is 0 Å². The molecule has 5 rings (SSSR count). The van der Waals surface area contributed by atoms with Gasteiger partial charge in [-0.05, 0) is 31.2 Å². The summed E-state index contributed by atoms with van der Waals surface area (Å²) in [6.07, 6.45) is 1.95. The number of aromatic nitrogens is 3. The van der Waals surface area contributed by atoms with Crippen molar-refractivity contribution in [3.63, 3.8) is 0 Å². The second-order valence-electron chi connectivity index (χ2n) is 6.65. The van der Waals surface area contributed by atoms with E-state index in [1.807, 2.05) is 41.1 Å². The molecule has 30 heavy (non-hydrogen) atoms. The molecule has 0 saturated heterocycles. The van der Waals surface area contributed by atoms with Crippen molar-refractivity contribution in [1.82, 2.24) is 14.4 Å². The van der Waals surface area contributed by atoms with Crippen molar-refractivity contribution in [2.45, 2.75) is 6.92 Å². The molecule has 0 unspecified atom stereocenters. The Hall–Kier alpha value is -3.59. The standard InChI is InChI=1S/C21H18N4O4S/c1-13-20(25-7-3-2-4-18(25)22-13)15-12-30-21(23-15)24-19(26)11-29-14-5-6-16-17(10-14)28-9-8-27-16/h2-7,10,12H,8-9,11H2,1H3,(H,23,24,26). The van der Waals surface area contributed by atoms with Crippen molar-refractivity contribution in [3.05, 3.63) is 53.7 Å². The van der Waals surface area contributed by atoms with Crippen LogP contribution in [-0.4, -0.2) is 40.1 Å². The van der Waals surface area contributed by atoms with E-state index >= 15 is 0 Å². The zero-order chi connectivity index (χ0) is 20.5. The van der Waals surface area contributed by atoms with Crippen LogP contribution >= 0.6 is 11.3 Å². The smallest absolute Gasteiger partial charge is 0.264 e. The quantitative estimate of drug-likeness (QED) is 0.529. The minimum absolute atomic E-state index is 0.136. The van der Waals surface area contributed by atoms with E-state index in [-0.39, 0.29) is 12.5 Å². The number of fused-ring (bicyclic) bond motifs is 2. The summed E-state index contributed by atoms with van der Waals surface area (Å²) in [5.74, 6) is 1.54. The molecular formula is C21H18N4O4S. The van der Waals surface area contributed by atoms with Gasteiger partial charge in [0.1, 0.15) is 30.3 Å². The van der Waals surface area contributed by atoms with Crippen LogP contribution in [0.1, 0.15) is 5.69 Å². The zero-order valence-electron chi connectivity index (χ0n) is 16.1. The maximum absolute atomic E-state index is 12.3. The molecule has 0 bridgehead atoms. The molecule has 0 saturated carbocycles. The van der Waals surface area contributed by atoms with Crippen molar-refractivity contribution >= 4 is 28.0 Å². The number of aryl methyl sites for hydroxylation is 1. The highest BCUT2D eigenvalue weighted by molar-refractivity contribution is 7.14. The summed E-state index contributed by atoms with van der Waals surface area (Å²) in [6.45, 7) is 2.83. The molecule has 0 spiro atoms. The van der Waals surface area contributed by atoms with Crippen molar-refractivity contribution in [3.8, 4) is 28.6 Å². The third kappa shape index (κ3) is 3.55.